The second kappa shape index (κ2) is 8.89. The van der Waals surface area contributed by atoms with Crippen LogP contribution >= 0.6 is 0 Å². The molecule has 1 aliphatic heterocycles. The first-order chi connectivity index (χ1) is 13.6. The van der Waals surface area contributed by atoms with Crippen molar-refractivity contribution < 1.29 is 19.1 Å². The van der Waals surface area contributed by atoms with Crippen LogP contribution in [0.3, 0.4) is 0 Å². The molecule has 6 nitrogen and oxygen atoms in total. The van der Waals surface area contributed by atoms with Gasteiger partial charge in [-0.15, -0.1) is 0 Å². The predicted molar refractivity (Wildman–Crippen MR) is 107 cm³/mol. The largest absolute Gasteiger partial charge is 0.507 e. The standard InChI is InChI=1S/C22H26N2O4/c1-3-23(4-2)13-9-14-24-19(17-12-8-15-28-17)18(21(26)22(24)27)20(25)16-10-6-5-7-11-16/h5-8,10-12,15,19,25H,3-4,9,13-14H2,1-2H3/b20-18+/t19-/m1/s1. The van der Waals surface area contributed by atoms with E-state index in [2.05, 4.69) is 18.7 Å². The van der Waals surface area contributed by atoms with Crippen LogP contribution in [0.25, 0.3) is 5.76 Å². The third-order valence-electron chi connectivity index (χ3n) is 5.17. The van der Waals surface area contributed by atoms with E-state index < -0.39 is 17.7 Å². The predicted octanol–water partition coefficient (Wildman–Crippen LogP) is 3.43. The van der Waals surface area contributed by atoms with Gasteiger partial charge in [0, 0.05) is 12.1 Å². The first-order valence-electron chi connectivity index (χ1n) is 9.68. The molecule has 3 rings (SSSR count). The van der Waals surface area contributed by atoms with Crippen molar-refractivity contribution in [1.82, 2.24) is 9.80 Å². The monoisotopic (exact) mass is 382 g/mol. The van der Waals surface area contributed by atoms with Gasteiger partial charge in [0.15, 0.2) is 0 Å². The topological polar surface area (TPSA) is 74.0 Å². The van der Waals surface area contributed by atoms with Gasteiger partial charge < -0.3 is 19.3 Å². The minimum atomic E-state index is -0.716. The minimum absolute atomic E-state index is 0.0778. The zero-order valence-corrected chi connectivity index (χ0v) is 16.3. The van der Waals surface area contributed by atoms with E-state index in [0.29, 0.717) is 17.9 Å². The Labute approximate surface area is 165 Å². The molecule has 1 aliphatic rings. The maximum Gasteiger partial charge on any atom is 0.295 e. The lowest BCUT2D eigenvalue weighted by molar-refractivity contribution is -0.140. The van der Waals surface area contributed by atoms with Gasteiger partial charge in [0.25, 0.3) is 11.7 Å². The fourth-order valence-corrected chi connectivity index (χ4v) is 3.61. The zero-order chi connectivity index (χ0) is 20.1. The number of amides is 1. The lowest BCUT2D eigenvalue weighted by atomic mass is 9.99. The molecule has 28 heavy (non-hydrogen) atoms. The average molecular weight is 382 g/mol. The summed E-state index contributed by atoms with van der Waals surface area (Å²) in [7, 11) is 0. The Balaban J connectivity index is 1.94. The molecular weight excluding hydrogens is 356 g/mol. The van der Waals surface area contributed by atoms with E-state index in [9.17, 15) is 14.7 Å². The summed E-state index contributed by atoms with van der Waals surface area (Å²) < 4.78 is 5.53. The summed E-state index contributed by atoms with van der Waals surface area (Å²) in [5.74, 6) is -0.977. The van der Waals surface area contributed by atoms with Crippen LogP contribution in [0.1, 0.15) is 37.6 Å². The van der Waals surface area contributed by atoms with Crippen molar-refractivity contribution in [2.75, 3.05) is 26.2 Å². The molecule has 0 aliphatic carbocycles. The first-order valence-corrected chi connectivity index (χ1v) is 9.68. The van der Waals surface area contributed by atoms with Crippen LogP contribution in [0.2, 0.25) is 0 Å². The highest BCUT2D eigenvalue weighted by molar-refractivity contribution is 6.46. The van der Waals surface area contributed by atoms with Crippen molar-refractivity contribution in [3.05, 3.63) is 65.6 Å². The SMILES string of the molecule is CCN(CC)CCCN1C(=O)C(=O)/C(=C(/O)c2ccccc2)[C@H]1c1ccco1. The number of furan rings is 1. The van der Waals surface area contributed by atoms with Gasteiger partial charge in [-0.2, -0.15) is 0 Å². The number of likely N-dealkylation sites (tertiary alicyclic amines) is 1. The number of aliphatic hydroxyl groups excluding tert-OH is 1. The number of carbonyl (C=O) groups is 2. The van der Waals surface area contributed by atoms with Gasteiger partial charge in [0.2, 0.25) is 0 Å². The van der Waals surface area contributed by atoms with E-state index in [1.54, 1.807) is 36.4 Å². The molecular formula is C22H26N2O4. The quantitative estimate of drug-likeness (QED) is 0.430. The third-order valence-corrected chi connectivity index (χ3v) is 5.17. The normalized spacial score (nSPS) is 19.0. The molecule has 0 bridgehead atoms. The van der Waals surface area contributed by atoms with Crippen molar-refractivity contribution in [3.63, 3.8) is 0 Å². The molecule has 2 aromatic rings. The van der Waals surface area contributed by atoms with Crippen LogP contribution in [0.15, 0.2) is 58.7 Å². The summed E-state index contributed by atoms with van der Waals surface area (Å²) in [4.78, 5) is 29.3. The van der Waals surface area contributed by atoms with Gasteiger partial charge in [-0.25, -0.2) is 0 Å². The highest BCUT2D eigenvalue weighted by Crippen LogP contribution is 2.39. The average Bonchev–Trinajstić information content (AvgIpc) is 3.33. The number of carbonyl (C=O) groups excluding carboxylic acids is 2. The van der Waals surface area contributed by atoms with Crippen LogP contribution in [-0.4, -0.2) is 52.8 Å². The molecule has 1 amide bonds. The second-order valence-corrected chi connectivity index (χ2v) is 6.75. The molecule has 2 heterocycles. The van der Waals surface area contributed by atoms with E-state index in [0.717, 1.165) is 26.1 Å². The van der Waals surface area contributed by atoms with Crippen molar-refractivity contribution >= 4 is 17.4 Å². The molecule has 0 spiro atoms. The van der Waals surface area contributed by atoms with E-state index in [1.807, 2.05) is 6.07 Å². The number of nitrogens with zero attached hydrogens (tertiary/aromatic N) is 2. The molecule has 6 heteroatoms. The number of aliphatic hydroxyl groups is 1. The lowest BCUT2D eigenvalue weighted by Crippen LogP contribution is -2.33. The molecule has 1 atom stereocenters. The number of hydrogen-bond donors (Lipinski definition) is 1. The molecule has 0 radical (unpaired) electrons. The van der Waals surface area contributed by atoms with Gasteiger partial charge in [-0.05, 0) is 38.2 Å². The molecule has 1 aromatic carbocycles. The number of hydrogen-bond acceptors (Lipinski definition) is 5. The Hall–Kier alpha value is -2.86. The Morgan fingerprint density at radius 1 is 1.11 bits per heavy atom. The van der Waals surface area contributed by atoms with Gasteiger partial charge >= 0.3 is 0 Å². The van der Waals surface area contributed by atoms with E-state index in [1.165, 1.54) is 11.2 Å². The van der Waals surface area contributed by atoms with Crippen molar-refractivity contribution in [2.24, 2.45) is 0 Å². The number of Topliss-reactive ketones (excluding diaryl/α,β-unsaturated/α-hetero) is 1. The summed E-state index contributed by atoms with van der Waals surface area (Å²) >= 11 is 0. The van der Waals surface area contributed by atoms with Crippen LogP contribution in [0.4, 0.5) is 0 Å². The van der Waals surface area contributed by atoms with E-state index in [4.69, 9.17) is 4.42 Å². The Morgan fingerprint density at radius 2 is 1.82 bits per heavy atom. The number of ketones is 1. The lowest BCUT2D eigenvalue weighted by Gasteiger charge is -2.25. The fourth-order valence-electron chi connectivity index (χ4n) is 3.61. The number of benzene rings is 1. The van der Waals surface area contributed by atoms with Gasteiger partial charge in [-0.3, -0.25) is 9.59 Å². The van der Waals surface area contributed by atoms with Crippen molar-refractivity contribution in [3.8, 4) is 0 Å². The van der Waals surface area contributed by atoms with Crippen LogP contribution in [0, 0.1) is 0 Å². The molecule has 0 saturated carbocycles. The third kappa shape index (κ3) is 3.87. The number of rotatable bonds is 8. The molecule has 0 unspecified atom stereocenters. The summed E-state index contributed by atoms with van der Waals surface area (Å²) in [5, 5.41) is 10.8. The minimum Gasteiger partial charge on any atom is -0.507 e. The van der Waals surface area contributed by atoms with Crippen LogP contribution in [-0.2, 0) is 9.59 Å². The molecule has 1 fully saturated rings. The first kappa shape index (κ1) is 19.9. The second-order valence-electron chi connectivity index (χ2n) is 6.75. The van der Waals surface area contributed by atoms with Gasteiger partial charge in [0.1, 0.15) is 17.6 Å². The Morgan fingerprint density at radius 3 is 2.43 bits per heavy atom. The molecule has 148 valence electrons. The smallest absolute Gasteiger partial charge is 0.295 e. The summed E-state index contributed by atoms with van der Waals surface area (Å²) in [5.41, 5.74) is 0.578. The maximum atomic E-state index is 12.8. The molecule has 1 aromatic heterocycles. The summed E-state index contributed by atoms with van der Waals surface area (Å²) in [6.07, 6.45) is 2.24. The fraction of sp³-hybridized carbons (Fsp3) is 0.364. The summed E-state index contributed by atoms with van der Waals surface area (Å²) in [6, 6.07) is 11.5. The summed E-state index contributed by atoms with van der Waals surface area (Å²) in [6.45, 7) is 7.31. The van der Waals surface area contributed by atoms with E-state index >= 15 is 0 Å². The highest BCUT2D eigenvalue weighted by atomic mass is 16.3. The van der Waals surface area contributed by atoms with Crippen LogP contribution in [0.5, 0.6) is 0 Å². The molecule has 1 saturated heterocycles. The Bertz CT molecular complexity index is 839. The van der Waals surface area contributed by atoms with Crippen molar-refractivity contribution in [1.29, 1.82) is 0 Å². The zero-order valence-electron chi connectivity index (χ0n) is 16.3. The highest BCUT2D eigenvalue weighted by Gasteiger charge is 2.47. The van der Waals surface area contributed by atoms with Crippen molar-refractivity contribution in [2.45, 2.75) is 26.3 Å². The Kier molecular flexibility index (Phi) is 6.31. The maximum absolute atomic E-state index is 12.8. The van der Waals surface area contributed by atoms with Gasteiger partial charge in [0.05, 0.1) is 11.8 Å². The van der Waals surface area contributed by atoms with E-state index in [-0.39, 0.29) is 11.3 Å². The molecule has 1 N–H and O–H groups in total. The van der Waals surface area contributed by atoms with Gasteiger partial charge in [-0.1, -0.05) is 44.2 Å². The van der Waals surface area contributed by atoms with Crippen LogP contribution < -0.4 is 0 Å².